The number of nitrogens with zero attached hydrogens (tertiary/aromatic N) is 3. The number of aromatic nitrogens is 3. The number of fused-ring (bicyclic) bond motifs is 1. The molecule has 0 spiro atoms. The van der Waals surface area contributed by atoms with E-state index in [0.717, 1.165) is 12.0 Å². The number of aryl methyl sites for hydroxylation is 1. The first-order valence-corrected chi connectivity index (χ1v) is 11.5. The van der Waals surface area contributed by atoms with Crippen molar-refractivity contribution in [1.29, 1.82) is 0 Å². The van der Waals surface area contributed by atoms with Crippen LogP contribution in [0.25, 0.3) is 11.4 Å². The SMILES string of the molecule is Cn1cnnc1-c1cccc(NC(=O)CCNS(=O)(=O)c2ccc3c(c2)OCCCO3)c1. The zero-order valence-corrected chi connectivity index (χ0v) is 18.3. The lowest BCUT2D eigenvalue weighted by Crippen LogP contribution is -2.27. The molecule has 1 amide bonds. The molecule has 10 nitrogen and oxygen atoms in total. The molecule has 0 fully saturated rings. The van der Waals surface area contributed by atoms with Gasteiger partial charge in [0.25, 0.3) is 0 Å². The molecule has 1 aromatic heterocycles. The van der Waals surface area contributed by atoms with E-state index in [1.807, 2.05) is 13.1 Å². The molecule has 0 radical (unpaired) electrons. The van der Waals surface area contributed by atoms with Gasteiger partial charge in [0.1, 0.15) is 6.33 Å². The Labute approximate surface area is 185 Å². The summed E-state index contributed by atoms with van der Waals surface area (Å²) in [5.41, 5.74) is 1.39. The Morgan fingerprint density at radius 2 is 1.94 bits per heavy atom. The lowest BCUT2D eigenvalue weighted by atomic mass is 10.2. The van der Waals surface area contributed by atoms with Gasteiger partial charge in [0.15, 0.2) is 17.3 Å². The maximum atomic E-state index is 12.6. The molecule has 2 N–H and O–H groups in total. The van der Waals surface area contributed by atoms with E-state index >= 15 is 0 Å². The van der Waals surface area contributed by atoms with E-state index in [-0.39, 0.29) is 23.8 Å². The Bertz CT molecular complexity index is 1220. The molecule has 168 valence electrons. The normalized spacial score (nSPS) is 13.4. The van der Waals surface area contributed by atoms with Crippen LogP contribution < -0.4 is 19.5 Å². The summed E-state index contributed by atoms with van der Waals surface area (Å²) in [5, 5.41) is 10.7. The van der Waals surface area contributed by atoms with Crippen molar-refractivity contribution in [3.63, 3.8) is 0 Å². The van der Waals surface area contributed by atoms with E-state index in [9.17, 15) is 13.2 Å². The average molecular weight is 458 g/mol. The number of benzene rings is 2. The van der Waals surface area contributed by atoms with Crippen LogP contribution in [0, 0.1) is 0 Å². The van der Waals surface area contributed by atoms with Crippen LogP contribution in [0.2, 0.25) is 0 Å². The summed E-state index contributed by atoms with van der Waals surface area (Å²) in [6.45, 7) is 0.932. The largest absolute Gasteiger partial charge is 0.490 e. The molecule has 1 aliphatic rings. The first-order valence-electron chi connectivity index (χ1n) is 10.1. The van der Waals surface area contributed by atoms with Gasteiger partial charge in [-0.05, 0) is 24.3 Å². The minimum Gasteiger partial charge on any atom is -0.490 e. The fourth-order valence-electron chi connectivity index (χ4n) is 3.20. The number of amides is 1. The third-order valence-electron chi connectivity index (χ3n) is 4.79. The number of sulfonamides is 1. The van der Waals surface area contributed by atoms with Crippen LogP contribution in [-0.2, 0) is 21.9 Å². The molecule has 0 atom stereocenters. The second kappa shape index (κ2) is 9.37. The zero-order valence-electron chi connectivity index (χ0n) is 17.4. The topological polar surface area (TPSA) is 124 Å². The molecule has 32 heavy (non-hydrogen) atoms. The minimum atomic E-state index is -3.80. The van der Waals surface area contributed by atoms with Gasteiger partial charge < -0.3 is 19.4 Å². The summed E-state index contributed by atoms with van der Waals surface area (Å²) in [5.74, 6) is 1.26. The monoisotopic (exact) mass is 457 g/mol. The number of rotatable bonds is 7. The average Bonchev–Trinajstić information content (AvgIpc) is 3.05. The molecule has 2 heterocycles. The summed E-state index contributed by atoms with van der Waals surface area (Å²) >= 11 is 0. The fourth-order valence-corrected chi connectivity index (χ4v) is 4.24. The van der Waals surface area contributed by atoms with Gasteiger partial charge in [0.05, 0.1) is 18.1 Å². The molecule has 0 unspecified atom stereocenters. The van der Waals surface area contributed by atoms with Crippen LogP contribution in [0.3, 0.4) is 0 Å². The highest BCUT2D eigenvalue weighted by atomic mass is 32.2. The summed E-state index contributed by atoms with van der Waals surface area (Å²) in [6, 6.07) is 11.7. The van der Waals surface area contributed by atoms with Crippen molar-refractivity contribution in [3.05, 3.63) is 48.8 Å². The number of hydrogen-bond acceptors (Lipinski definition) is 7. The molecule has 0 bridgehead atoms. The van der Waals surface area contributed by atoms with Crippen LogP contribution >= 0.6 is 0 Å². The molecule has 0 saturated carbocycles. The number of nitrogens with one attached hydrogen (secondary N) is 2. The third kappa shape index (κ3) is 5.06. The summed E-state index contributed by atoms with van der Waals surface area (Å²) in [7, 11) is -1.97. The summed E-state index contributed by atoms with van der Waals surface area (Å²) in [6.07, 6.45) is 2.29. The maximum Gasteiger partial charge on any atom is 0.240 e. The molecule has 4 rings (SSSR count). The van der Waals surface area contributed by atoms with Crippen molar-refractivity contribution >= 4 is 21.6 Å². The van der Waals surface area contributed by atoms with Gasteiger partial charge >= 0.3 is 0 Å². The molecule has 11 heteroatoms. The lowest BCUT2D eigenvalue weighted by Gasteiger charge is -2.11. The first-order chi connectivity index (χ1) is 15.4. The predicted octanol–water partition coefficient (Wildman–Crippen LogP) is 1.95. The number of anilines is 1. The summed E-state index contributed by atoms with van der Waals surface area (Å²) < 4.78 is 40.5. The van der Waals surface area contributed by atoms with Gasteiger partial charge in [-0.1, -0.05) is 12.1 Å². The van der Waals surface area contributed by atoms with Crippen LogP contribution in [0.1, 0.15) is 12.8 Å². The number of ether oxygens (including phenoxy) is 2. The van der Waals surface area contributed by atoms with Crippen LogP contribution in [0.5, 0.6) is 11.5 Å². The van der Waals surface area contributed by atoms with E-state index in [4.69, 9.17) is 9.47 Å². The highest BCUT2D eigenvalue weighted by molar-refractivity contribution is 7.89. The Morgan fingerprint density at radius 1 is 1.12 bits per heavy atom. The highest BCUT2D eigenvalue weighted by Gasteiger charge is 2.19. The second-order valence-electron chi connectivity index (χ2n) is 7.20. The number of carbonyl (C=O) groups is 1. The van der Waals surface area contributed by atoms with Crippen LogP contribution in [0.4, 0.5) is 5.69 Å². The van der Waals surface area contributed by atoms with Crippen molar-refractivity contribution in [2.45, 2.75) is 17.7 Å². The fraction of sp³-hybridized carbons (Fsp3) is 0.286. The number of carbonyl (C=O) groups excluding carboxylic acids is 1. The van der Waals surface area contributed by atoms with Gasteiger partial charge in [0.2, 0.25) is 15.9 Å². The van der Waals surface area contributed by atoms with Gasteiger partial charge in [-0.3, -0.25) is 4.79 Å². The predicted molar refractivity (Wildman–Crippen MR) is 117 cm³/mol. The molecule has 2 aromatic carbocycles. The van der Waals surface area contributed by atoms with Crippen LogP contribution in [0.15, 0.2) is 53.7 Å². The highest BCUT2D eigenvalue weighted by Crippen LogP contribution is 2.31. The van der Waals surface area contributed by atoms with Crippen molar-refractivity contribution in [1.82, 2.24) is 19.5 Å². The van der Waals surface area contributed by atoms with Crippen LogP contribution in [-0.4, -0.2) is 48.8 Å². The van der Waals surface area contributed by atoms with Crippen molar-refractivity contribution in [2.24, 2.45) is 7.05 Å². The smallest absolute Gasteiger partial charge is 0.240 e. The second-order valence-corrected chi connectivity index (χ2v) is 8.97. The molecule has 1 aliphatic heterocycles. The third-order valence-corrected chi connectivity index (χ3v) is 6.25. The first kappa shape index (κ1) is 21.8. The van der Waals surface area contributed by atoms with Gasteiger partial charge in [-0.2, -0.15) is 0 Å². The standard InChI is InChI=1S/C21H23N5O5S/c1-26-14-22-25-21(26)15-4-2-5-16(12-15)24-20(27)8-9-23-32(28,29)17-6-7-18-19(13-17)31-11-3-10-30-18/h2,4-7,12-14,23H,3,8-11H2,1H3,(H,24,27). The van der Waals surface area contributed by atoms with E-state index in [1.54, 1.807) is 35.2 Å². The molecular formula is C21H23N5O5S. The number of hydrogen-bond donors (Lipinski definition) is 2. The lowest BCUT2D eigenvalue weighted by molar-refractivity contribution is -0.116. The molecule has 3 aromatic rings. The zero-order chi connectivity index (χ0) is 22.6. The molecule has 0 aliphatic carbocycles. The Balaban J connectivity index is 1.34. The van der Waals surface area contributed by atoms with Gasteiger partial charge in [0, 0.05) is 43.8 Å². The van der Waals surface area contributed by atoms with Gasteiger partial charge in [-0.25, -0.2) is 13.1 Å². The maximum absolute atomic E-state index is 12.6. The Hall–Kier alpha value is -3.44. The Kier molecular flexibility index (Phi) is 6.37. The van der Waals surface area contributed by atoms with Crippen molar-refractivity contribution in [2.75, 3.05) is 25.1 Å². The quantitative estimate of drug-likeness (QED) is 0.556. The molecular weight excluding hydrogens is 434 g/mol. The van der Waals surface area contributed by atoms with Gasteiger partial charge in [-0.15, -0.1) is 10.2 Å². The van der Waals surface area contributed by atoms with E-state index in [2.05, 4.69) is 20.2 Å². The van der Waals surface area contributed by atoms with E-state index in [1.165, 1.54) is 12.1 Å². The Morgan fingerprint density at radius 3 is 2.72 bits per heavy atom. The minimum absolute atomic E-state index is 0.0298. The van der Waals surface area contributed by atoms with Crippen molar-refractivity contribution < 1.29 is 22.7 Å². The summed E-state index contributed by atoms with van der Waals surface area (Å²) in [4.78, 5) is 12.4. The van der Waals surface area contributed by atoms with Crippen molar-refractivity contribution in [3.8, 4) is 22.9 Å². The molecule has 0 saturated heterocycles. The van der Waals surface area contributed by atoms with E-state index < -0.39 is 10.0 Å². The van der Waals surface area contributed by atoms with E-state index in [0.29, 0.717) is 36.2 Å².